The molecular formula is C16H13NO5. The second-order valence-electron chi connectivity index (χ2n) is 4.73. The second kappa shape index (κ2) is 5.40. The summed E-state index contributed by atoms with van der Waals surface area (Å²) in [6, 6.07) is 10.1. The zero-order valence-corrected chi connectivity index (χ0v) is 12.0. The third-order valence-electron chi connectivity index (χ3n) is 2.92. The van der Waals surface area contributed by atoms with Crippen molar-refractivity contribution in [1.82, 2.24) is 0 Å². The molecule has 1 N–H and O–H groups in total. The van der Waals surface area contributed by atoms with Crippen LogP contribution in [0.2, 0.25) is 0 Å². The van der Waals surface area contributed by atoms with Gasteiger partial charge in [0, 0.05) is 26.0 Å². The number of esters is 2. The van der Waals surface area contributed by atoms with Crippen molar-refractivity contribution >= 4 is 23.3 Å². The number of nitrogens with one attached hydrogen (secondary N) is 1. The van der Waals surface area contributed by atoms with Crippen molar-refractivity contribution in [2.75, 3.05) is 5.32 Å². The van der Waals surface area contributed by atoms with Crippen LogP contribution in [0.5, 0.6) is 23.0 Å². The lowest BCUT2D eigenvalue weighted by atomic mass is 10.2. The van der Waals surface area contributed by atoms with Gasteiger partial charge in [0.15, 0.2) is 11.5 Å². The van der Waals surface area contributed by atoms with Crippen LogP contribution in [-0.2, 0) is 9.59 Å². The van der Waals surface area contributed by atoms with Crippen molar-refractivity contribution in [2.24, 2.45) is 0 Å². The van der Waals surface area contributed by atoms with E-state index in [0.29, 0.717) is 23.0 Å². The van der Waals surface area contributed by atoms with Crippen LogP contribution in [0.25, 0.3) is 0 Å². The Hall–Kier alpha value is -3.02. The number of hydrogen-bond donors (Lipinski definition) is 1. The molecule has 0 aliphatic carbocycles. The maximum atomic E-state index is 11.0. The first-order valence-electron chi connectivity index (χ1n) is 6.61. The van der Waals surface area contributed by atoms with Crippen LogP contribution in [-0.4, -0.2) is 11.9 Å². The van der Waals surface area contributed by atoms with Crippen molar-refractivity contribution in [1.29, 1.82) is 0 Å². The SMILES string of the molecule is CC(=O)Oc1ccc2c(c1)Oc1cc(OC(C)=O)ccc1N2. The van der Waals surface area contributed by atoms with Crippen LogP contribution in [0, 0.1) is 0 Å². The standard InChI is InChI=1S/C16H13NO5/c1-9(18)20-11-3-5-13-15(7-11)22-16-8-12(21-10(2)19)4-6-14(16)17-13/h3-8,17H,1-2H3. The molecule has 112 valence electrons. The van der Waals surface area contributed by atoms with Gasteiger partial charge in [0.1, 0.15) is 11.5 Å². The van der Waals surface area contributed by atoms with Gasteiger partial charge < -0.3 is 19.5 Å². The summed E-state index contributed by atoms with van der Waals surface area (Å²) in [7, 11) is 0. The highest BCUT2D eigenvalue weighted by Crippen LogP contribution is 2.44. The third kappa shape index (κ3) is 2.85. The highest BCUT2D eigenvalue weighted by atomic mass is 16.5. The third-order valence-corrected chi connectivity index (χ3v) is 2.92. The number of carbonyl (C=O) groups is 2. The summed E-state index contributed by atoms with van der Waals surface area (Å²) in [6.45, 7) is 2.67. The Kier molecular flexibility index (Phi) is 3.42. The Morgan fingerprint density at radius 2 is 1.32 bits per heavy atom. The molecule has 1 aliphatic heterocycles. The van der Waals surface area contributed by atoms with E-state index in [-0.39, 0.29) is 0 Å². The van der Waals surface area contributed by atoms with Gasteiger partial charge in [-0.15, -0.1) is 0 Å². The second-order valence-corrected chi connectivity index (χ2v) is 4.73. The first kappa shape index (κ1) is 13.9. The zero-order chi connectivity index (χ0) is 15.7. The number of anilines is 2. The lowest BCUT2D eigenvalue weighted by molar-refractivity contribution is -0.132. The Balaban J connectivity index is 1.89. The summed E-state index contributed by atoms with van der Waals surface area (Å²) in [6.07, 6.45) is 0. The van der Waals surface area contributed by atoms with Gasteiger partial charge in [-0.2, -0.15) is 0 Å². The minimum absolute atomic E-state index is 0.396. The monoisotopic (exact) mass is 299 g/mol. The molecule has 0 fully saturated rings. The molecule has 2 aromatic rings. The minimum Gasteiger partial charge on any atom is -0.453 e. The highest BCUT2D eigenvalue weighted by molar-refractivity contribution is 5.78. The average Bonchev–Trinajstić information content (AvgIpc) is 2.43. The van der Waals surface area contributed by atoms with Crippen molar-refractivity contribution < 1.29 is 23.8 Å². The van der Waals surface area contributed by atoms with E-state index >= 15 is 0 Å². The summed E-state index contributed by atoms with van der Waals surface area (Å²) >= 11 is 0. The summed E-state index contributed by atoms with van der Waals surface area (Å²) in [5.41, 5.74) is 1.51. The normalized spacial score (nSPS) is 11.4. The van der Waals surface area contributed by atoms with E-state index < -0.39 is 11.9 Å². The van der Waals surface area contributed by atoms with Crippen LogP contribution in [0.3, 0.4) is 0 Å². The molecule has 0 bridgehead atoms. The largest absolute Gasteiger partial charge is 0.453 e. The molecule has 3 rings (SSSR count). The first-order chi connectivity index (χ1) is 10.5. The molecular weight excluding hydrogens is 286 g/mol. The highest BCUT2D eigenvalue weighted by Gasteiger charge is 2.18. The van der Waals surface area contributed by atoms with Gasteiger partial charge in [0.05, 0.1) is 11.4 Å². The molecule has 1 aliphatic rings. The fourth-order valence-corrected chi connectivity index (χ4v) is 2.10. The van der Waals surface area contributed by atoms with E-state index in [1.54, 1.807) is 36.4 Å². The van der Waals surface area contributed by atoms with Crippen molar-refractivity contribution in [3.05, 3.63) is 36.4 Å². The van der Waals surface area contributed by atoms with Gasteiger partial charge in [-0.3, -0.25) is 9.59 Å². The molecule has 0 aromatic heterocycles. The lowest BCUT2D eigenvalue weighted by Gasteiger charge is -2.22. The quantitative estimate of drug-likeness (QED) is 0.577. The fraction of sp³-hybridized carbons (Fsp3) is 0.125. The van der Waals surface area contributed by atoms with Crippen LogP contribution in [0.15, 0.2) is 36.4 Å². The Labute approximate surface area is 126 Å². The predicted octanol–water partition coefficient (Wildman–Crippen LogP) is 3.39. The first-order valence-corrected chi connectivity index (χ1v) is 6.61. The predicted molar refractivity (Wildman–Crippen MR) is 78.9 cm³/mol. The number of fused-ring (bicyclic) bond motifs is 2. The molecule has 0 saturated carbocycles. The molecule has 0 amide bonds. The van der Waals surface area contributed by atoms with Crippen molar-refractivity contribution in [2.45, 2.75) is 13.8 Å². The summed E-state index contributed by atoms with van der Waals surface area (Å²) < 4.78 is 15.8. The molecule has 22 heavy (non-hydrogen) atoms. The van der Waals surface area contributed by atoms with Gasteiger partial charge in [-0.25, -0.2) is 0 Å². The summed E-state index contributed by atoms with van der Waals surface area (Å²) in [5.74, 6) is 1.03. The molecule has 0 saturated heterocycles. The number of hydrogen-bond acceptors (Lipinski definition) is 6. The molecule has 0 radical (unpaired) electrons. The summed E-state index contributed by atoms with van der Waals surface area (Å²) in [4.78, 5) is 22.0. The maximum Gasteiger partial charge on any atom is 0.308 e. The van der Waals surface area contributed by atoms with E-state index in [9.17, 15) is 9.59 Å². The number of rotatable bonds is 2. The Morgan fingerprint density at radius 1 is 0.864 bits per heavy atom. The Morgan fingerprint density at radius 3 is 1.73 bits per heavy atom. The van der Waals surface area contributed by atoms with E-state index in [1.807, 2.05) is 0 Å². The topological polar surface area (TPSA) is 73.9 Å². The average molecular weight is 299 g/mol. The number of carbonyl (C=O) groups excluding carboxylic acids is 2. The van der Waals surface area contributed by atoms with Gasteiger partial charge >= 0.3 is 11.9 Å². The molecule has 1 heterocycles. The Bertz CT molecular complexity index is 706. The van der Waals surface area contributed by atoms with Crippen LogP contribution < -0.4 is 19.5 Å². The number of benzene rings is 2. The fourth-order valence-electron chi connectivity index (χ4n) is 2.10. The molecule has 2 aromatic carbocycles. The molecule has 0 unspecified atom stereocenters. The van der Waals surface area contributed by atoms with Gasteiger partial charge in [-0.05, 0) is 24.3 Å². The van der Waals surface area contributed by atoms with Gasteiger partial charge in [0.25, 0.3) is 0 Å². The van der Waals surface area contributed by atoms with Gasteiger partial charge in [0.2, 0.25) is 0 Å². The zero-order valence-electron chi connectivity index (χ0n) is 12.0. The molecule has 0 spiro atoms. The van der Waals surface area contributed by atoms with Crippen LogP contribution in [0.1, 0.15) is 13.8 Å². The number of ether oxygens (including phenoxy) is 3. The van der Waals surface area contributed by atoms with Crippen molar-refractivity contribution in [3.8, 4) is 23.0 Å². The van der Waals surface area contributed by atoms with Crippen molar-refractivity contribution in [3.63, 3.8) is 0 Å². The molecule has 6 heteroatoms. The van der Waals surface area contributed by atoms with Gasteiger partial charge in [-0.1, -0.05) is 0 Å². The molecule has 6 nitrogen and oxygen atoms in total. The van der Waals surface area contributed by atoms with E-state index in [2.05, 4.69) is 5.32 Å². The lowest BCUT2D eigenvalue weighted by Crippen LogP contribution is -2.06. The van der Waals surface area contributed by atoms with E-state index in [4.69, 9.17) is 14.2 Å². The maximum absolute atomic E-state index is 11.0. The molecule has 0 atom stereocenters. The smallest absolute Gasteiger partial charge is 0.308 e. The van der Waals surface area contributed by atoms with Crippen LogP contribution in [0.4, 0.5) is 11.4 Å². The summed E-state index contributed by atoms with van der Waals surface area (Å²) in [5, 5.41) is 3.20. The van der Waals surface area contributed by atoms with E-state index in [1.165, 1.54) is 13.8 Å². The van der Waals surface area contributed by atoms with Crippen LogP contribution >= 0.6 is 0 Å². The van der Waals surface area contributed by atoms with E-state index in [0.717, 1.165) is 11.4 Å². The minimum atomic E-state index is -0.402.